The number of ether oxygens (including phenoxy) is 2. The number of amides is 2. The van der Waals surface area contributed by atoms with Gasteiger partial charge in [-0.05, 0) is 36.0 Å². The Balaban J connectivity index is 1.39. The number of benzene rings is 2. The van der Waals surface area contributed by atoms with Gasteiger partial charge < -0.3 is 9.47 Å². The predicted molar refractivity (Wildman–Crippen MR) is 111 cm³/mol. The molecule has 0 N–H and O–H groups in total. The summed E-state index contributed by atoms with van der Waals surface area (Å²) >= 11 is 0. The maximum absolute atomic E-state index is 12.8. The summed E-state index contributed by atoms with van der Waals surface area (Å²) in [6.45, 7) is 0.364. The van der Waals surface area contributed by atoms with Gasteiger partial charge in [-0.15, -0.1) is 0 Å². The minimum absolute atomic E-state index is 0.165. The van der Waals surface area contributed by atoms with Crippen LogP contribution in [0, 0.1) is 23.7 Å². The van der Waals surface area contributed by atoms with Crippen LogP contribution in [-0.4, -0.2) is 30.1 Å². The first kappa shape index (κ1) is 18.6. The van der Waals surface area contributed by atoms with Gasteiger partial charge in [0.15, 0.2) is 11.5 Å². The second-order valence-corrected chi connectivity index (χ2v) is 7.89. The van der Waals surface area contributed by atoms with E-state index in [4.69, 9.17) is 9.47 Å². The molecule has 2 bridgehead atoms. The normalized spacial score (nSPS) is 26.6. The van der Waals surface area contributed by atoms with E-state index >= 15 is 0 Å². The number of imide groups is 1. The molecule has 6 nitrogen and oxygen atoms in total. The van der Waals surface area contributed by atoms with Crippen molar-refractivity contribution in [1.29, 1.82) is 0 Å². The lowest BCUT2D eigenvalue weighted by Gasteiger charge is -2.14. The number of hydrogen-bond donors (Lipinski definition) is 0. The van der Waals surface area contributed by atoms with Gasteiger partial charge in [-0.3, -0.25) is 9.59 Å². The molecule has 1 aliphatic heterocycles. The van der Waals surface area contributed by atoms with Crippen molar-refractivity contribution in [3.63, 3.8) is 0 Å². The Bertz CT molecular complexity index is 1020. The van der Waals surface area contributed by atoms with E-state index in [-0.39, 0.29) is 35.5 Å². The summed E-state index contributed by atoms with van der Waals surface area (Å²) in [7, 11) is 1.57. The molecule has 3 aliphatic rings. The van der Waals surface area contributed by atoms with Crippen LogP contribution in [0.1, 0.15) is 17.5 Å². The Hall–Kier alpha value is -3.41. The quantitative estimate of drug-likeness (QED) is 0.422. The van der Waals surface area contributed by atoms with Crippen molar-refractivity contribution in [3.8, 4) is 11.5 Å². The molecule has 4 atom stereocenters. The summed E-state index contributed by atoms with van der Waals surface area (Å²) in [6.07, 6.45) is 6.55. The highest BCUT2D eigenvalue weighted by Gasteiger charge is 2.59. The van der Waals surface area contributed by atoms with E-state index < -0.39 is 0 Å². The van der Waals surface area contributed by atoms with Crippen molar-refractivity contribution in [2.75, 3.05) is 7.11 Å². The van der Waals surface area contributed by atoms with E-state index in [1.807, 2.05) is 42.5 Å². The zero-order valence-corrected chi connectivity index (χ0v) is 16.6. The van der Waals surface area contributed by atoms with Crippen LogP contribution in [0.15, 0.2) is 65.8 Å². The summed E-state index contributed by atoms with van der Waals surface area (Å²) in [5, 5.41) is 5.32. The standard InChI is InChI=1S/C24H22N2O4/c1-29-19-9-5-8-18(22(19)30-14-15-6-3-2-4-7-15)13-25-26-23(27)20-16-10-11-17(12-16)21(20)24(26)28/h2-11,13,16-17,20-21H,12,14H2,1H3. The Kier molecular flexibility index (Phi) is 4.62. The molecule has 5 rings (SSSR count). The number of fused-ring (bicyclic) bond motifs is 5. The number of nitrogens with zero attached hydrogens (tertiary/aromatic N) is 2. The molecule has 2 aromatic carbocycles. The average molecular weight is 402 g/mol. The molecule has 1 saturated heterocycles. The maximum atomic E-state index is 12.8. The first-order chi connectivity index (χ1) is 14.7. The van der Waals surface area contributed by atoms with Crippen LogP contribution in [0.5, 0.6) is 11.5 Å². The van der Waals surface area contributed by atoms with Crippen LogP contribution in [0.25, 0.3) is 0 Å². The summed E-state index contributed by atoms with van der Waals surface area (Å²) < 4.78 is 11.5. The smallest absolute Gasteiger partial charge is 0.254 e. The molecule has 30 heavy (non-hydrogen) atoms. The Morgan fingerprint density at radius 1 is 1.00 bits per heavy atom. The fourth-order valence-corrected chi connectivity index (χ4v) is 4.80. The summed E-state index contributed by atoms with van der Waals surface area (Å²) in [5.41, 5.74) is 1.66. The van der Waals surface area contributed by atoms with Gasteiger partial charge in [0.25, 0.3) is 11.8 Å². The van der Waals surface area contributed by atoms with Crippen molar-refractivity contribution in [2.24, 2.45) is 28.8 Å². The van der Waals surface area contributed by atoms with Crippen molar-refractivity contribution in [1.82, 2.24) is 5.01 Å². The number of rotatable bonds is 6. The third kappa shape index (κ3) is 3.00. The fraction of sp³-hybridized carbons (Fsp3) is 0.292. The monoisotopic (exact) mass is 402 g/mol. The number of carbonyl (C=O) groups excluding carboxylic acids is 2. The molecule has 4 unspecified atom stereocenters. The molecule has 0 spiro atoms. The van der Waals surface area contributed by atoms with E-state index in [2.05, 4.69) is 17.3 Å². The average Bonchev–Trinajstić information content (AvgIpc) is 3.46. The third-order valence-corrected chi connectivity index (χ3v) is 6.21. The summed E-state index contributed by atoms with van der Waals surface area (Å²) in [6, 6.07) is 15.3. The lowest BCUT2D eigenvalue weighted by molar-refractivity contribution is -0.140. The van der Waals surface area contributed by atoms with Crippen molar-refractivity contribution < 1.29 is 19.1 Å². The van der Waals surface area contributed by atoms with Gasteiger partial charge in [0.2, 0.25) is 0 Å². The van der Waals surface area contributed by atoms with E-state index in [9.17, 15) is 9.59 Å². The van der Waals surface area contributed by atoms with Gasteiger partial charge in [-0.2, -0.15) is 10.1 Å². The lowest BCUT2D eigenvalue weighted by atomic mass is 9.85. The number of para-hydroxylation sites is 1. The van der Waals surface area contributed by atoms with Crippen LogP contribution in [0.3, 0.4) is 0 Å². The van der Waals surface area contributed by atoms with E-state index in [1.54, 1.807) is 13.2 Å². The van der Waals surface area contributed by atoms with E-state index in [1.165, 1.54) is 6.21 Å². The van der Waals surface area contributed by atoms with Crippen LogP contribution in [0.4, 0.5) is 0 Å². The molecule has 152 valence electrons. The van der Waals surface area contributed by atoms with Gasteiger partial charge >= 0.3 is 0 Å². The molecular formula is C24H22N2O4. The fourth-order valence-electron chi connectivity index (χ4n) is 4.80. The van der Waals surface area contributed by atoms with Crippen molar-refractivity contribution in [2.45, 2.75) is 13.0 Å². The Morgan fingerprint density at radius 2 is 1.70 bits per heavy atom. The van der Waals surface area contributed by atoms with Crippen LogP contribution >= 0.6 is 0 Å². The Labute approximate surface area is 174 Å². The van der Waals surface area contributed by atoms with E-state index in [0.29, 0.717) is 23.7 Å². The SMILES string of the molecule is COc1cccc(C=NN2C(=O)C3C4C=CC(C4)C3C2=O)c1OCc1ccccc1. The van der Waals surface area contributed by atoms with Gasteiger partial charge in [0.1, 0.15) is 6.61 Å². The molecule has 2 aliphatic carbocycles. The van der Waals surface area contributed by atoms with E-state index in [0.717, 1.165) is 17.0 Å². The molecule has 1 heterocycles. The van der Waals surface area contributed by atoms with Crippen LogP contribution in [0.2, 0.25) is 0 Å². The largest absolute Gasteiger partial charge is 0.493 e. The second kappa shape index (κ2) is 7.44. The molecule has 2 fully saturated rings. The van der Waals surface area contributed by atoms with Gasteiger partial charge in [0, 0.05) is 5.56 Å². The number of hydrazone groups is 1. The Morgan fingerprint density at radius 3 is 2.37 bits per heavy atom. The molecule has 2 amide bonds. The molecule has 1 saturated carbocycles. The predicted octanol–water partition coefficient (Wildman–Crippen LogP) is 3.42. The molecule has 0 radical (unpaired) electrons. The van der Waals surface area contributed by atoms with Gasteiger partial charge in [0.05, 0.1) is 25.2 Å². The first-order valence-corrected chi connectivity index (χ1v) is 10.1. The minimum Gasteiger partial charge on any atom is -0.493 e. The maximum Gasteiger partial charge on any atom is 0.254 e. The zero-order chi connectivity index (χ0) is 20.7. The number of hydrogen-bond acceptors (Lipinski definition) is 5. The second-order valence-electron chi connectivity index (χ2n) is 7.89. The van der Waals surface area contributed by atoms with Gasteiger partial charge in [-0.25, -0.2) is 0 Å². The molecule has 2 aromatic rings. The summed E-state index contributed by atoms with van der Waals surface area (Å²) in [5.74, 6) is 0.492. The number of methoxy groups -OCH3 is 1. The molecular weight excluding hydrogens is 380 g/mol. The lowest BCUT2D eigenvalue weighted by Crippen LogP contribution is -2.28. The highest BCUT2D eigenvalue weighted by Crippen LogP contribution is 2.52. The summed E-state index contributed by atoms with van der Waals surface area (Å²) in [4.78, 5) is 25.7. The number of allylic oxidation sites excluding steroid dienone is 2. The topological polar surface area (TPSA) is 68.2 Å². The number of carbonyl (C=O) groups is 2. The first-order valence-electron chi connectivity index (χ1n) is 10.1. The zero-order valence-electron chi connectivity index (χ0n) is 16.6. The van der Waals surface area contributed by atoms with Crippen LogP contribution < -0.4 is 9.47 Å². The van der Waals surface area contributed by atoms with Crippen molar-refractivity contribution in [3.05, 3.63) is 71.8 Å². The minimum atomic E-state index is -0.260. The highest BCUT2D eigenvalue weighted by atomic mass is 16.5. The third-order valence-electron chi connectivity index (χ3n) is 6.21. The van der Waals surface area contributed by atoms with Crippen LogP contribution in [-0.2, 0) is 16.2 Å². The highest BCUT2D eigenvalue weighted by molar-refractivity contribution is 6.07. The molecule has 6 heteroatoms. The van der Waals surface area contributed by atoms with Gasteiger partial charge in [-0.1, -0.05) is 48.6 Å². The molecule has 0 aromatic heterocycles. The van der Waals surface area contributed by atoms with Crippen molar-refractivity contribution >= 4 is 18.0 Å².